The van der Waals surface area contributed by atoms with Gasteiger partial charge >= 0.3 is 12.1 Å². The second-order valence-electron chi connectivity index (χ2n) is 5.44. The summed E-state index contributed by atoms with van der Waals surface area (Å²) in [4.78, 5) is 22.3. The molecule has 0 fully saturated rings. The summed E-state index contributed by atoms with van der Waals surface area (Å²) in [6.45, 7) is 5.18. The van der Waals surface area contributed by atoms with Crippen LogP contribution in [-0.2, 0) is 4.74 Å². The van der Waals surface area contributed by atoms with Crippen molar-refractivity contribution in [1.82, 2.24) is 5.32 Å². The lowest BCUT2D eigenvalue weighted by atomic mass is 10.1. The van der Waals surface area contributed by atoms with Gasteiger partial charge in [-0.25, -0.2) is 18.4 Å². The average molecular weight is 313 g/mol. The quantitative estimate of drug-likeness (QED) is 0.895. The first-order chi connectivity index (χ1) is 10.1. The van der Waals surface area contributed by atoms with Gasteiger partial charge in [0.15, 0.2) is 11.6 Å². The van der Waals surface area contributed by atoms with Crippen molar-refractivity contribution >= 4 is 18.1 Å². The predicted octanol–water partition coefficient (Wildman–Crippen LogP) is 3.20. The Morgan fingerprint density at radius 3 is 2.41 bits per heavy atom. The van der Waals surface area contributed by atoms with Crippen LogP contribution in [-0.4, -0.2) is 29.3 Å². The topological polar surface area (TPSA) is 75.6 Å². The Balaban J connectivity index is 2.73. The molecule has 22 heavy (non-hydrogen) atoms. The molecule has 0 spiro atoms. The fourth-order valence-electron chi connectivity index (χ4n) is 1.53. The SMILES string of the molecule is CC(C)(C)OC(=O)NCC=Cc1cc(F)c(F)cc1C(=O)O. The number of hydrogen-bond acceptors (Lipinski definition) is 3. The van der Waals surface area contributed by atoms with Crippen molar-refractivity contribution in [3.63, 3.8) is 0 Å². The van der Waals surface area contributed by atoms with E-state index >= 15 is 0 Å². The molecule has 1 aromatic carbocycles. The average Bonchev–Trinajstić information content (AvgIpc) is 2.35. The second kappa shape index (κ2) is 7.02. The van der Waals surface area contributed by atoms with Crippen LogP contribution in [0.3, 0.4) is 0 Å². The van der Waals surface area contributed by atoms with Crippen molar-refractivity contribution in [2.45, 2.75) is 26.4 Å². The van der Waals surface area contributed by atoms with E-state index in [1.54, 1.807) is 20.8 Å². The Hall–Kier alpha value is -2.44. The van der Waals surface area contributed by atoms with Gasteiger partial charge in [-0.2, -0.15) is 0 Å². The molecular formula is C15H17F2NO4. The molecule has 1 amide bonds. The number of carboxylic acid groups (broad SMARTS) is 1. The fourth-order valence-corrected chi connectivity index (χ4v) is 1.53. The zero-order valence-corrected chi connectivity index (χ0v) is 12.4. The number of ether oxygens (including phenoxy) is 1. The summed E-state index contributed by atoms with van der Waals surface area (Å²) in [5.74, 6) is -3.76. The second-order valence-corrected chi connectivity index (χ2v) is 5.44. The van der Waals surface area contributed by atoms with Crippen LogP contribution < -0.4 is 5.32 Å². The maximum Gasteiger partial charge on any atom is 0.407 e. The van der Waals surface area contributed by atoms with Gasteiger partial charge in [-0.15, -0.1) is 0 Å². The number of carbonyl (C=O) groups excluding carboxylic acids is 1. The van der Waals surface area contributed by atoms with E-state index in [0.29, 0.717) is 6.07 Å². The van der Waals surface area contributed by atoms with Gasteiger partial charge in [-0.1, -0.05) is 12.2 Å². The van der Waals surface area contributed by atoms with Gasteiger partial charge < -0.3 is 15.2 Å². The first kappa shape index (κ1) is 17.6. The zero-order chi connectivity index (χ0) is 16.9. The number of rotatable bonds is 4. The maximum absolute atomic E-state index is 13.2. The molecule has 0 unspecified atom stereocenters. The molecule has 1 rings (SSSR count). The summed E-state index contributed by atoms with van der Waals surface area (Å²) < 4.78 is 31.2. The monoisotopic (exact) mass is 313 g/mol. The highest BCUT2D eigenvalue weighted by molar-refractivity contribution is 5.92. The molecule has 1 aromatic rings. The van der Waals surface area contributed by atoms with Gasteiger partial charge in [-0.3, -0.25) is 0 Å². The molecule has 0 heterocycles. The van der Waals surface area contributed by atoms with Crippen LogP contribution in [0.15, 0.2) is 18.2 Å². The number of benzene rings is 1. The van der Waals surface area contributed by atoms with E-state index in [9.17, 15) is 18.4 Å². The van der Waals surface area contributed by atoms with E-state index in [0.717, 1.165) is 6.07 Å². The molecule has 0 aliphatic rings. The molecule has 0 aromatic heterocycles. The minimum atomic E-state index is -1.38. The number of hydrogen-bond donors (Lipinski definition) is 2. The van der Waals surface area contributed by atoms with E-state index in [4.69, 9.17) is 9.84 Å². The highest BCUT2D eigenvalue weighted by atomic mass is 19.2. The van der Waals surface area contributed by atoms with Gasteiger partial charge in [0.05, 0.1) is 5.56 Å². The number of carbonyl (C=O) groups is 2. The first-order valence-corrected chi connectivity index (χ1v) is 6.46. The Labute approximate surface area is 126 Å². The van der Waals surface area contributed by atoms with Gasteiger partial charge in [-0.05, 0) is 38.5 Å². The predicted molar refractivity (Wildman–Crippen MR) is 76.6 cm³/mol. The van der Waals surface area contributed by atoms with E-state index in [-0.39, 0.29) is 17.7 Å². The van der Waals surface area contributed by atoms with Crippen molar-refractivity contribution in [1.29, 1.82) is 0 Å². The minimum absolute atomic E-state index is 0.00242. The van der Waals surface area contributed by atoms with E-state index in [2.05, 4.69) is 5.32 Å². The van der Waals surface area contributed by atoms with Crippen molar-refractivity contribution in [3.05, 3.63) is 41.0 Å². The molecule has 0 saturated heterocycles. The highest BCUT2D eigenvalue weighted by Crippen LogP contribution is 2.16. The Morgan fingerprint density at radius 2 is 1.86 bits per heavy atom. The molecule has 5 nitrogen and oxygen atoms in total. The van der Waals surface area contributed by atoms with Crippen LogP contribution in [0.4, 0.5) is 13.6 Å². The Bertz CT molecular complexity index is 606. The third kappa shape index (κ3) is 5.51. The number of alkyl carbamates (subject to hydrolysis) is 1. The number of carboxylic acids is 1. The molecule has 0 radical (unpaired) electrons. The summed E-state index contributed by atoms with van der Waals surface area (Å²) in [6, 6.07) is 1.39. The van der Waals surface area contributed by atoms with Crippen LogP contribution in [0.2, 0.25) is 0 Å². The highest BCUT2D eigenvalue weighted by Gasteiger charge is 2.15. The van der Waals surface area contributed by atoms with Crippen LogP contribution >= 0.6 is 0 Å². The fraction of sp³-hybridized carbons (Fsp3) is 0.333. The molecule has 2 N–H and O–H groups in total. The maximum atomic E-state index is 13.2. The third-order valence-corrected chi connectivity index (χ3v) is 2.38. The summed E-state index contributed by atoms with van der Waals surface area (Å²) in [7, 11) is 0. The van der Waals surface area contributed by atoms with E-state index < -0.39 is 29.3 Å². The Morgan fingerprint density at radius 1 is 1.27 bits per heavy atom. The minimum Gasteiger partial charge on any atom is -0.478 e. The number of aromatic carboxylic acids is 1. The van der Waals surface area contributed by atoms with E-state index in [1.807, 2.05) is 0 Å². The van der Waals surface area contributed by atoms with Gasteiger partial charge in [0, 0.05) is 6.54 Å². The lowest BCUT2D eigenvalue weighted by molar-refractivity contribution is 0.0533. The van der Waals surface area contributed by atoms with Gasteiger partial charge in [0.1, 0.15) is 5.60 Å². The van der Waals surface area contributed by atoms with Crippen LogP contribution in [0, 0.1) is 11.6 Å². The molecule has 0 atom stereocenters. The van der Waals surface area contributed by atoms with Crippen molar-refractivity contribution in [2.75, 3.05) is 6.54 Å². The molecule has 0 aliphatic carbocycles. The summed E-state index contributed by atoms with van der Waals surface area (Å²) >= 11 is 0. The number of amides is 1. The van der Waals surface area contributed by atoms with Crippen LogP contribution in [0.25, 0.3) is 6.08 Å². The summed E-state index contributed by atoms with van der Waals surface area (Å²) in [5.41, 5.74) is -1.01. The normalized spacial score (nSPS) is 11.5. The molecule has 120 valence electrons. The lowest BCUT2D eigenvalue weighted by Crippen LogP contribution is -2.32. The van der Waals surface area contributed by atoms with Gasteiger partial charge in [0.2, 0.25) is 0 Å². The number of nitrogens with one attached hydrogen (secondary N) is 1. The first-order valence-electron chi connectivity index (χ1n) is 6.46. The van der Waals surface area contributed by atoms with Crippen molar-refractivity contribution < 1.29 is 28.2 Å². The lowest BCUT2D eigenvalue weighted by Gasteiger charge is -2.19. The van der Waals surface area contributed by atoms with Crippen LogP contribution in [0.1, 0.15) is 36.7 Å². The van der Waals surface area contributed by atoms with Crippen LogP contribution in [0.5, 0.6) is 0 Å². The third-order valence-electron chi connectivity index (χ3n) is 2.38. The van der Waals surface area contributed by atoms with Gasteiger partial charge in [0.25, 0.3) is 0 Å². The molecule has 0 bridgehead atoms. The standard InChI is InChI=1S/C15H17F2NO4/c1-15(2,3)22-14(21)18-6-4-5-9-7-11(16)12(17)8-10(9)13(19)20/h4-5,7-8H,6H2,1-3H3,(H,18,21)(H,19,20). The number of halogens is 2. The molecular weight excluding hydrogens is 296 g/mol. The Kier molecular flexibility index (Phi) is 5.62. The molecule has 7 heteroatoms. The zero-order valence-electron chi connectivity index (χ0n) is 12.4. The summed E-state index contributed by atoms with van der Waals surface area (Å²) in [6.07, 6.45) is 2.05. The largest absolute Gasteiger partial charge is 0.478 e. The van der Waals surface area contributed by atoms with Crippen molar-refractivity contribution in [3.8, 4) is 0 Å². The molecule has 0 aliphatic heterocycles. The molecule has 0 saturated carbocycles. The van der Waals surface area contributed by atoms with Crippen molar-refractivity contribution in [2.24, 2.45) is 0 Å². The smallest absolute Gasteiger partial charge is 0.407 e. The van der Waals surface area contributed by atoms with E-state index in [1.165, 1.54) is 12.2 Å². The summed E-state index contributed by atoms with van der Waals surface area (Å²) in [5, 5.41) is 11.4.